The summed E-state index contributed by atoms with van der Waals surface area (Å²) in [5.74, 6) is -2.59. The van der Waals surface area contributed by atoms with E-state index in [0.717, 1.165) is 9.78 Å². The molecule has 2 amide bonds. The summed E-state index contributed by atoms with van der Waals surface area (Å²) in [6, 6.07) is 2.54. The molecule has 11 heteroatoms. The Morgan fingerprint density at radius 1 is 1.50 bits per heavy atom. The zero-order valence-corrected chi connectivity index (χ0v) is 14.9. The van der Waals surface area contributed by atoms with Crippen molar-refractivity contribution in [1.82, 2.24) is 10.2 Å². The van der Waals surface area contributed by atoms with Gasteiger partial charge in [0.05, 0.1) is 23.0 Å². The van der Waals surface area contributed by atoms with Crippen molar-refractivity contribution in [3.05, 3.63) is 33.7 Å². The van der Waals surface area contributed by atoms with Crippen LogP contribution < -0.4 is 5.32 Å². The number of aliphatic carboxylic acids is 1. The lowest BCUT2D eigenvalue weighted by Gasteiger charge is -2.48. The number of nitrogens with zero attached hydrogens (tertiary/aromatic N) is 1. The molecule has 2 aliphatic rings. The maximum atomic E-state index is 12.4. The van der Waals surface area contributed by atoms with Gasteiger partial charge >= 0.3 is 5.97 Å². The van der Waals surface area contributed by atoms with Gasteiger partial charge in [0.25, 0.3) is 12.4 Å². The third-order valence-corrected chi connectivity index (χ3v) is 6.50. The van der Waals surface area contributed by atoms with Crippen LogP contribution in [-0.2, 0) is 41.1 Å². The first kappa shape index (κ1) is 18.3. The fourth-order valence-electron chi connectivity index (χ4n) is 2.89. The number of β-lactam (4-membered cyclic amide) rings is 1. The molecule has 0 radical (unpaired) electrons. The van der Waals surface area contributed by atoms with Crippen molar-refractivity contribution in [3.63, 3.8) is 0 Å². The Morgan fingerprint density at radius 3 is 2.88 bits per heavy atom. The quantitative estimate of drug-likeness (QED) is 0.455. The molecule has 9 nitrogen and oxygen atoms in total. The van der Waals surface area contributed by atoms with Gasteiger partial charge in [-0.15, -0.1) is 11.3 Å². The largest absolute Gasteiger partial charge is 0.477 e. The number of hydrogen-bond donors (Lipinski definition) is 2. The van der Waals surface area contributed by atoms with E-state index in [-0.39, 0.29) is 36.5 Å². The first-order chi connectivity index (χ1) is 12.4. The van der Waals surface area contributed by atoms with Gasteiger partial charge in [0.2, 0.25) is 5.91 Å². The Balaban J connectivity index is 1.77. The molecular formula is C15H14N2O7S2. The summed E-state index contributed by atoms with van der Waals surface area (Å²) in [4.78, 5) is 48.1. The Morgan fingerprint density at radius 2 is 2.27 bits per heavy atom. The van der Waals surface area contributed by atoms with Crippen LogP contribution in [0.25, 0.3) is 0 Å². The second-order valence-corrected chi connectivity index (χ2v) is 8.16. The molecule has 2 N–H and O–H groups in total. The average molecular weight is 398 g/mol. The fraction of sp³-hybridized carbons (Fsp3) is 0.333. The highest BCUT2D eigenvalue weighted by Gasteiger charge is 2.57. The smallest absolute Gasteiger partial charge is 0.352 e. The second-order valence-electron chi connectivity index (χ2n) is 5.59. The lowest BCUT2D eigenvalue weighted by Crippen LogP contribution is -2.73. The Hall–Kier alpha value is -2.53. The van der Waals surface area contributed by atoms with E-state index in [0.29, 0.717) is 0 Å². The van der Waals surface area contributed by atoms with Crippen molar-refractivity contribution >= 4 is 46.4 Å². The highest BCUT2D eigenvalue weighted by molar-refractivity contribution is 7.86. The lowest BCUT2D eigenvalue weighted by molar-refractivity contribution is -0.151. The molecule has 0 aliphatic carbocycles. The minimum Gasteiger partial charge on any atom is -0.477 e. The second kappa shape index (κ2) is 7.38. The number of carbonyl (C=O) groups is 4. The minimum absolute atomic E-state index is 0.0842. The first-order valence-corrected chi connectivity index (χ1v) is 9.72. The summed E-state index contributed by atoms with van der Waals surface area (Å²) in [5.41, 5.74) is -0.249. The van der Waals surface area contributed by atoms with Crippen LogP contribution in [0.5, 0.6) is 0 Å². The van der Waals surface area contributed by atoms with Crippen LogP contribution in [0.1, 0.15) is 4.88 Å². The van der Waals surface area contributed by atoms with Crippen LogP contribution in [0.2, 0.25) is 0 Å². The predicted molar refractivity (Wildman–Crippen MR) is 90.3 cm³/mol. The molecule has 138 valence electrons. The molecular weight excluding hydrogens is 384 g/mol. The van der Waals surface area contributed by atoms with Crippen LogP contribution in [0.15, 0.2) is 28.8 Å². The number of nitrogens with one attached hydrogen (secondary N) is 1. The van der Waals surface area contributed by atoms with Crippen LogP contribution in [0.3, 0.4) is 0 Å². The van der Waals surface area contributed by atoms with E-state index in [1.54, 1.807) is 12.1 Å². The number of fused-ring (bicyclic) bond motifs is 1. The summed E-state index contributed by atoms with van der Waals surface area (Å²) in [6.07, 6.45) is 0.0842. The highest BCUT2D eigenvalue weighted by atomic mass is 32.2. The molecule has 3 heterocycles. The zero-order chi connectivity index (χ0) is 18.8. The third-order valence-electron chi connectivity index (χ3n) is 3.96. The van der Waals surface area contributed by atoms with E-state index in [1.807, 2.05) is 5.38 Å². The molecule has 3 unspecified atom stereocenters. The van der Waals surface area contributed by atoms with E-state index in [9.17, 15) is 28.5 Å². The van der Waals surface area contributed by atoms with Gasteiger partial charge in [-0.25, -0.2) is 4.79 Å². The minimum atomic E-state index is -1.63. The van der Waals surface area contributed by atoms with Gasteiger partial charge in [0.1, 0.15) is 23.7 Å². The lowest BCUT2D eigenvalue weighted by atomic mass is 10.0. The number of ether oxygens (including phenoxy) is 1. The van der Waals surface area contributed by atoms with Gasteiger partial charge in [-0.1, -0.05) is 6.07 Å². The highest BCUT2D eigenvalue weighted by Crippen LogP contribution is 2.35. The first-order valence-electron chi connectivity index (χ1n) is 7.46. The average Bonchev–Trinajstić information content (AvgIpc) is 3.09. The molecule has 2 aliphatic heterocycles. The van der Waals surface area contributed by atoms with Gasteiger partial charge in [-0.3, -0.25) is 23.5 Å². The van der Waals surface area contributed by atoms with Crippen LogP contribution in [-0.4, -0.2) is 62.2 Å². The number of carboxylic acid groups (broad SMARTS) is 1. The molecule has 26 heavy (non-hydrogen) atoms. The molecule has 0 spiro atoms. The maximum absolute atomic E-state index is 12.4. The fourth-order valence-corrected chi connectivity index (χ4v) is 5.26. The van der Waals surface area contributed by atoms with Crippen LogP contribution in [0, 0.1) is 0 Å². The van der Waals surface area contributed by atoms with Gasteiger partial charge in [0.15, 0.2) is 0 Å². The SMILES string of the molecule is O=COCC1=C(C(=O)O)N2C(=O)C(NC(=O)Cc3cccs3)C2S(=O)C1. The third kappa shape index (κ3) is 3.27. The molecule has 0 aromatic carbocycles. The van der Waals surface area contributed by atoms with E-state index in [2.05, 4.69) is 10.1 Å². The summed E-state index contributed by atoms with van der Waals surface area (Å²) in [5, 5.41) is 12.8. The maximum Gasteiger partial charge on any atom is 0.352 e. The number of carbonyl (C=O) groups excluding carboxylic acids is 3. The Bertz CT molecular complexity index is 818. The van der Waals surface area contributed by atoms with Gasteiger partial charge in [-0.05, 0) is 11.4 Å². The molecule has 0 saturated carbocycles. The molecule has 1 aromatic rings. The monoisotopic (exact) mass is 398 g/mol. The van der Waals surface area contributed by atoms with Crippen LogP contribution in [0.4, 0.5) is 0 Å². The summed E-state index contributed by atoms with van der Waals surface area (Å²) in [6.45, 7) is -0.213. The molecule has 3 rings (SSSR count). The van der Waals surface area contributed by atoms with E-state index in [4.69, 9.17) is 0 Å². The number of amides is 2. The van der Waals surface area contributed by atoms with E-state index in [1.165, 1.54) is 11.3 Å². The number of hydrogen-bond acceptors (Lipinski definition) is 7. The van der Waals surface area contributed by atoms with Crippen LogP contribution >= 0.6 is 11.3 Å². The summed E-state index contributed by atoms with van der Waals surface area (Å²) < 4.78 is 17.0. The van der Waals surface area contributed by atoms with Crippen molar-refractivity contribution in [1.29, 1.82) is 0 Å². The topological polar surface area (TPSA) is 130 Å². The van der Waals surface area contributed by atoms with Gasteiger partial charge < -0.3 is 15.2 Å². The number of rotatable bonds is 7. The number of thiophene rings is 1. The molecule has 1 saturated heterocycles. The number of carboxylic acids is 1. The summed E-state index contributed by atoms with van der Waals surface area (Å²) >= 11 is 1.40. The molecule has 0 bridgehead atoms. The standard InChI is InChI=1S/C15H14N2O7S2/c18-7-24-5-8-6-26(23)14-11(13(20)17(14)12(8)15(21)22)16-10(19)4-9-2-1-3-25-9/h1-3,7,11,14H,4-6H2,(H,16,19)(H,21,22). The molecule has 1 fully saturated rings. The Labute approximate surface area is 154 Å². The van der Waals surface area contributed by atoms with Crippen molar-refractivity contribution in [2.75, 3.05) is 12.4 Å². The Kier molecular flexibility index (Phi) is 5.18. The van der Waals surface area contributed by atoms with Gasteiger partial charge in [-0.2, -0.15) is 0 Å². The predicted octanol–water partition coefficient (Wildman–Crippen LogP) is -0.782. The normalized spacial score (nSPS) is 24.5. The van der Waals surface area contributed by atoms with Crippen molar-refractivity contribution < 1.29 is 33.2 Å². The van der Waals surface area contributed by atoms with E-state index < -0.39 is 40.0 Å². The van der Waals surface area contributed by atoms with Crippen molar-refractivity contribution in [2.24, 2.45) is 0 Å². The molecule has 3 atom stereocenters. The zero-order valence-electron chi connectivity index (χ0n) is 13.2. The summed E-state index contributed by atoms with van der Waals surface area (Å²) in [7, 11) is -1.63. The van der Waals surface area contributed by atoms with Crippen molar-refractivity contribution in [3.8, 4) is 0 Å². The molecule has 1 aromatic heterocycles. The van der Waals surface area contributed by atoms with Crippen molar-refractivity contribution in [2.45, 2.75) is 17.8 Å². The van der Waals surface area contributed by atoms with Gasteiger partial charge in [0, 0.05) is 10.5 Å². The van der Waals surface area contributed by atoms with E-state index >= 15 is 0 Å².